The SMILES string of the molecule is CC(C)n1cnc2c(NCc3ccc(-c4ccccc4)cc3)nc(N3CCN(C(=O)OC(C)(C)C)[C@H](C)C3)nc21. The Bertz CT molecular complexity index is 1460. The normalized spacial score (nSPS) is 16.0. The zero-order chi connectivity index (χ0) is 28.4. The lowest BCUT2D eigenvalue weighted by atomic mass is 10.0. The molecule has 1 saturated heterocycles. The molecule has 1 atom stereocenters. The molecule has 4 aromatic rings. The lowest BCUT2D eigenvalue weighted by Gasteiger charge is -2.40. The van der Waals surface area contributed by atoms with Crippen LogP contribution in [0.4, 0.5) is 16.6 Å². The molecule has 1 aliphatic rings. The van der Waals surface area contributed by atoms with Gasteiger partial charge in [0, 0.05) is 38.3 Å². The second kappa shape index (κ2) is 11.2. The number of carbonyl (C=O) groups is 1. The molecule has 0 radical (unpaired) electrons. The highest BCUT2D eigenvalue weighted by Crippen LogP contribution is 2.27. The zero-order valence-corrected chi connectivity index (χ0v) is 24.3. The number of fused-ring (bicyclic) bond motifs is 1. The molecule has 210 valence electrons. The Morgan fingerprint density at radius 3 is 2.38 bits per heavy atom. The third-order valence-corrected chi connectivity index (χ3v) is 7.03. The van der Waals surface area contributed by atoms with Crippen LogP contribution in [0.2, 0.25) is 0 Å². The highest BCUT2D eigenvalue weighted by molar-refractivity contribution is 5.84. The van der Waals surface area contributed by atoms with Crippen LogP contribution >= 0.6 is 0 Å². The minimum atomic E-state index is -0.528. The maximum atomic E-state index is 12.7. The van der Waals surface area contributed by atoms with Crippen molar-refractivity contribution in [2.75, 3.05) is 29.9 Å². The van der Waals surface area contributed by atoms with Gasteiger partial charge in [0.15, 0.2) is 17.0 Å². The van der Waals surface area contributed by atoms with E-state index in [1.54, 1.807) is 4.90 Å². The third kappa shape index (κ3) is 6.03. The number of ether oxygens (including phenoxy) is 1. The van der Waals surface area contributed by atoms with E-state index >= 15 is 0 Å². The third-order valence-electron chi connectivity index (χ3n) is 7.03. The van der Waals surface area contributed by atoms with Gasteiger partial charge in [0.05, 0.1) is 6.33 Å². The molecule has 1 N–H and O–H groups in total. The molecule has 0 unspecified atom stereocenters. The first-order valence-corrected chi connectivity index (χ1v) is 14.0. The quantitative estimate of drug-likeness (QED) is 0.314. The van der Waals surface area contributed by atoms with Crippen LogP contribution in [-0.4, -0.2) is 61.8 Å². The van der Waals surface area contributed by atoms with Gasteiger partial charge in [0.1, 0.15) is 5.60 Å². The fourth-order valence-electron chi connectivity index (χ4n) is 4.91. The second-order valence-corrected chi connectivity index (χ2v) is 11.7. The Balaban J connectivity index is 1.36. The Kier molecular flexibility index (Phi) is 7.65. The maximum absolute atomic E-state index is 12.7. The van der Waals surface area contributed by atoms with Crippen LogP contribution in [0.3, 0.4) is 0 Å². The molecule has 3 heterocycles. The number of nitrogens with zero attached hydrogens (tertiary/aromatic N) is 6. The van der Waals surface area contributed by atoms with Crippen LogP contribution in [0.5, 0.6) is 0 Å². The summed E-state index contributed by atoms with van der Waals surface area (Å²) in [5.74, 6) is 1.33. The van der Waals surface area contributed by atoms with Gasteiger partial charge in [-0.15, -0.1) is 0 Å². The first-order chi connectivity index (χ1) is 19.1. The van der Waals surface area contributed by atoms with Crippen molar-refractivity contribution in [2.45, 2.75) is 65.8 Å². The van der Waals surface area contributed by atoms with Gasteiger partial charge >= 0.3 is 6.09 Å². The summed E-state index contributed by atoms with van der Waals surface area (Å²) in [7, 11) is 0. The van der Waals surface area contributed by atoms with Crippen LogP contribution in [-0.2, 0) is 11.3 Å². The first kappa shape index (κ1) is 27.4. The molecular formula is C31H39N7O2. The van der Waals surface area contributed by atoms with Crippen LogP contribution in [0.25, 0.3) is 22.3 Å². The smallest absolute Gasteiger partial charge is 0.410 e. The zero-order valence-electron chi connectivity index (χ0n) is 24.3. The van der Waals surface area contributed by atoms with E-state index in [1.165, 1.54) is 11.1 Å². The molecule has 5 rings (SSSR count). The van der Waals surface area contributed by atoms with Crippen molar-refractivity contribution in [2.24, 2.45) is 0 Å². The fraction of sp³-hybridized carbons (Fsp3) is 0.419. The van der Waals surface area contributed by atoms with Crippen molar-refractivity contribution in [3.63, 3.8) is 0 Å². The van der Waals surface area contributed by atoms with Crippen molar-refractivity contribution >= 4 is 29.0 Å². The number of rotatable bonds is 6. The summed E-state index contributed by atoms with van der Waals surface area (Å²) >= 11 is 0. The Hall–Kier alpha value is -4.14. The van der Waals surface area contributed by atoms with Crippen LogP contribution in [0.1, 0.15) is 53.1 Å². The molecule has 40 heavy (non-hydrogen) atoms. The predicted molar refractivity (Wildman–Crippen MR) is 160 cm³/mol. The van der Waals surface area contributed by atoms with E-state index in [2.05, 4.69) is 82.1 Å². The van der Waals surface area contributed by atoms with Gasteiger partial charge in [-0.2, -0.15) is 9.97 Å². The van der Waals surface area contributed by atoms with E-state index in [-0.39, 0.29) is 18.2 Å². The monoisotopic (exact) mass is 541 g/mol. The van der Waals surface area contributed by atoms with Crippen LogP contribution < -0.4 is 10.2 Å². The van der Waals surface area contributed by atoms with Gasteiger partial charge in [0.25, 0.3) is 0 Å². The number of nitrogens with one attached hydrogen (secondary N) is 1. The summed E-state index contributed by atoms with van der Waals surface area (Å²) in [4.78, 5) is 31.2. The average Bonchev–Trinajstić information content (AvgIpc) is 3.36. The highest BCUT2D eigenvalue weighted by atomic mass is 16.6. The summed E-state index contributed by atoms with van der Waals surface area (Å²) in [6.07, 6.45) is 1.55. The topological polar surface area (TPSA) is 88.4 Å². The van der Waals surface area contributed by atoms with Crippen molar-refractivity contribution in [3.8, 4) is 11.1 Å². The molecule has 0 saturated carbocycles. The molecular weight excluding hydrogens is 502 g/mol. The highest BCUT2D eigenvalue weighted by Gasteiger charge is 2.32. The van der Waals surface area contributed by atoms with Gasteiger partial charge in [-0.05, 0) is 58.2 Å². The van der Waals surface area contributed by atoms with Gasteiger partial charge in [-0.1, -0.05) is 54.6 Å². The summed E-state index contributed by atoms with van der Waals surface area (Å²) in [5, 5.41) is 3.52. The van der Waals surface area contributed by atoms with Gasteiger partial charge in [0.2, 0.25) is 5.95 Å². The van der Waals surface area contributed by atoms with E-state index in [0.29, 0.717) is 37.9 Å². The number of benzene rings is 2. The Labute approximate surface area is 236 Å². The van der Waals surface area contributed by atoms with E-state index < -0.39 is 5.60 Å². The number of carbonyl (C=O) groups excluding carboxylic acids is 1. The molecule has 0 aliphatic carbocycles. The first-order valence-electron chi connectivity index (χ1n) is 14.0. The summed E-state index contributed by atoms with van der Waals surface area (Å²) < 4.78 is 7.69. The molecule has 1 amide bonds. The van der Waals surface area contributed by atoms with Crippen LogP contribution in [0, 0.1) is 0 Å². The molecule has 9 nitrogen and oxygen atoms in total. The van der Waals surface area contributed by atoms with Crippen molar-refractivity contribution in [1.29, 1.82) is 0 Å². The number of piperazine rings is 1. The molecule has 0 spiro atoms. The second-order valence-electron chi connectivity index (χ2n) is 11.7. The van der Waals surface area contributed by atoms with E-state index in [9.17, 15) is 4.79 Å². The van der Waals surface area contributed by atoms with Crippen molar-refractivity contribution in [3.05, 3.63) is 66.5 Å². The fourth-order valence-corrected chi connectivity index (χ4v) is 4.91. The number of anilines is 2. The number of hydrogen-bond donors (Lipinski definition) is 1. The number of aromatic nitrogens is 4. The largest absolute Gasteiger partial charge is 0.444 e. The minimum Gasteiger partial charge on any atom is -0.444 e. The molecule has 0 bridgehead atoms. The average molecular weight is 542 g/mol. The summed E-state index contributed by atoms with van der Waals surface area (Å²) in [6, 6.07) is 19.1. The molecule has 2 aromatic heterocycles. The van der Waals surface area contributed by atoms with Crippen molar-refractivity contribution in [1.82, 2.24) is 24.4 Å². The number of hydrogen-bond acceptors (Lipinski definition) is 7. The number of amides is 1. The Morgan fingerprint density at radius 2 is 1.73 bits per heavy atom. The van der Waals surface area contributed by atoms with E-state index in [1.807, 2.05) is 40.1 Å². The van der Waals surface area contributed by atoms with Gasteiger partial charge in [-0.3, -0.25) is 0 Å². The lowest BCUT2D eigenvalue weighted by molar-refractivity contribution is 0.0158. The van der Waals surface area contributed by atoms with Gasteiger partial charge in [-0.25, -0.2) is 9.78 Å². The maximum Gasteiger partial charge on any atom is 0.410 e. The Morgan fingerprint density at radius 1 is 1.02 bits per heavy atom. The molecule has 9 heteroatoms. The van der Waals surface area contributed by atoms with Gasteiger partial charge < -0.3 is 24.4 Å². The molecule has 2 aromatic carbocycles. The lowest BCUT2D eigenvalue weighted by Crippen LogP contribution is -2.55. The van der Waals surface area contributed by atoms with Crippen molar-refractivity contribution < 1.29 is 9.53 Å². The molecule has 1 aliphatic heterocycles. The molecule has 1 fully saturated rings. The standard InChI is InChI=1S/C31H39N7O2/c1-21(2)38-20-33-26-27(32-18-23-12-14-25(15-13-23)24-10-8-7-9-11-24)34-29(35-28(26)38)36-16-17-37(22(3)19-36)30(39)40-31(4,5)6/h7-15,20-22H,16-19H2,1-6H3,(H,32,34,35)/t22-/m1/s1. The van der Waals surface area contributed by atoms with E-state index in [0.717, 1.165) is 16.7 Å². The number of imidazole rings is 1. The summed E-state index contributed by atoms with van der Waals surface area (Å²) in [5.41, 5.74) is 4.55. The predicted octanol–water partition coefficient (Wildman–Crippen LogP) is 6.13. The minimum absolute atomic E-state index is 0.0440. The van der Waals surface area contributed by atoms with Crippen LogP contribution in [0.15, 0.2) is 60.9 Å². The van der Waals surface area contributed by atoms with E-state index in [4.69, 9.17) is 14.7 Å². The summed E-state index contributed by atoms with van der Waals surface area (Å²) in [6.45, 7) is 14.3.